The van der Waals surface area contributed by atoms with Crippen molar-refractivity contribution in [2.45, 2.75) is 26.8 Å². The largest absolute Gasteiger partial charge is 0.354 e. The first-order valence-corrected chi connectivity index (χ1v) is 7.59. The van der Waals surface area contributed by atoms with Crippen LogP contribution in [0.1, 0.15) is 18.1 Å². The summed E-state index contributed by atoms with van der Waals surface area (Å²) in [4.78, 5) is 17.3. The maximum absolute atomic E-state index is 4.49. The summed E-state index contributed by atoms with van der Waals surface area (Å²) in [6, 6.07) is 7.62. The first-order chi connectivity index (χ1) is 11.2. The molecule has 0 amide bonds. The molecule has 0 aliphatic heterocycles. The first-order valence-electron chi connectivity index (χ1n) is 7.59. The van der Waals surface area contributed by atoms with Crippen LogP contribution in [0.25, 0.3) is 11.4 Å². The van der Waals surface area contributed by atoms with Crippen LogP contribution in [0.5, 0.6) is 0 Å². The van der Waals surface area contributed by atoms with Gasteiger partial charge < -0.3 is 5.32 Å². The van der Waals surface area contributed by atoms with Crippen LogP contribution < -0.4 is 5.32 Å². The summed E-state index contributed by atoms with van der Waals surface area (Å²) in [5, 5.41) is 7.59. The molecular formula is C16H19N7. The van der Waals surface area contributed by atoms with Crippen molar-refractivity contribution in [1.29, 1.82) is 0 Å². The maximum Gasteiger partial charge on any atom is 0.223 e. The highest BCUT2D eigenvalue weighted by Gasteiger charge is 2.04. The minimum Gasteiger partial charge on any atom is -0.354 e. The van der Waals surface area contributed by atoms with Gasteiger partial charge in [0.15, 0.2) is 0 Å². The Kier molecular flexibility index (Phi) is 4.56. The van der Waals surface area contributed by atoms with Crippen molar-refractivity contribution in [3.05, 3.63) is 48.3 Å². The Labute approximate surface area is 134 Å². The van der Waals surface area contributed by atoms with Crippen LogP contribution >= 0.6 is 0 Å². The van der Waals surface area contributed by atoms with Gasteiger partial charge in [-0.05, 0) is 38.5 Å². The molecule has 3 heterocycles. The molecule has 118 valence electrons. The van der Waals surface area contributed by atoms with E-state index in [9.17, 15) is 0 Å². The smallest absolute Gasteiger partial charge is 0.223 e. The highest BCUT2D eigenvalue weighted by Crippen LogP contribution is 2.14. The Morgan fingerprint density at radius 3 is 2.65 bits per heavy atom. The zero-order valence-corrected chi connectivity index (χ0v) is 13.3. The van der Waals surface area contributed by atoms with Gasteiger partial charge in [0.05, 0.1) is 11.4 Å². The highest BCUT2D eigenvalue weighted by atomic mass is 15.3. The molecule has 3 aromatic heterocycles. The Morgan fingerprint density at radius 1 is 1.00 bits per heavy atom. The zero-order valence-electron chi connectivity index (χ0n) is 13.3. The van der Waals surface area contributed by atoms with Crippen LogP contribution in [0.15, 0.2) is 36.7 Å². The molecule has 0 fully saturated rings. The molecule has 3 rings (SSSR count). The summed E-state index contributed by atoms with van der Waals surface area (Å²) in [7, 11) is 0. The fourth-order valence-electron chi connectivity index (χ4n) is 2.30. The van der Waals surface area contributed by atoms with Crippen molar-refractivity contribution in [3.8, 4) is 11.4 Å². The van der Waals surface area contributed by atoms with Gasteiger partial charge in [-0.1, -0.05) is 6.07 Å². The Hall–Kier alpha value is -2.83. The van der Waals surface area contributed by atoms with E-state index in [4.69, 9.17) is 0 Å². The highest BCUT2D eigenvalue weighted by molar-refractivity contribution is 5.54. The quantitative estimate of drug-likeness (QED) is 0.703. The van der Waals surface area contributed by atoms with Gasteiger partial charge in [-0.25, -0.2) is 15.0 Å². The number of anilines is 1. The Balaban J connectivity index is 1.56. The summed E-state index contributed by atoms with van der Waals surface area (Å²) in [6.45, 7) is 5.45. The van der Waals surface area contributed by atoms with Gasteiger partial charge in [0.1, 0.15) is 11.6 Å². The predicted molar refractivity (Wildman–Crippen MR) is 87.9 cm³/mol. The van der Waals surface area contributed by atoms with Crippen LogP contribution in [0.3, 0.4) is 0 Å². The average Bonchev–Trinajstić information content (AvgIpc) is 2.90. The Bertz CT molecular complexity index is 767. The molecule has 0 saturated heterocycles. The van der Waals surface area contributed by atoms with Crippen molar-refractivity contribution >= 4 is 5.95 Å². The lowest BCUT2D eigenvalue weighted by molar-refractivity contribution is 0.571. The third kappa shape index (κ3) is 3.88. The minimum absolute atomic E-state index is 0.611. The number of hydrogen-bond acceptors (Lipinski definition) is 6. The predicted octanol–water partition coefficient (Wildman–Crippen LogP) is 2.25. The number of aryl methyl sites for hydroxylation is 3. The van der Waals surface area contributed by atoms with E-state index < -0.39 is 0 Å². The number of pyridine rings is 1. The molecule has 3 aromatic rings. The molecule has 0 unspecified atom stereocenters. The fourth-order valence-corrected chi connectivity index (χ4v) is 2.30. The van der Waals surface area contributed by atoms with Crippen molar-refractivity contribution in [3.63, 3.8) is 0 Å². The van der Waals surface area contributed by atoms with E-state index in [0.29, 0.717) is 5.95 Å². The second kappa shape index (κ2) is 6.95. The van der Waals surface area contributed by atoms with Crippen LogP contribution in [-0.4, -0.2) is 36.3 Å². The third-order valence-corrected chi connectivity index (χ3v) is 3.38. The number of aromatic nitrogens is 6. The van der Waals surface area contributed by atoms with Gasteiger partial charge in [-0.15, -0.1) is 0 Å². The van der Waals surface area contributed by atoms with Gasteiger partial charge >= 0.3 is 0 Å². The molecule has 0 bridgehead atoms. The molecule has 1 N–H and O–H groups in total. The van der Waals surface area contributed by atoms with Gasteiger partial charge in [0.25, 0.3) is 0 Å². The molecule has 0 aliphatic rings. The molecule has 0 aliphatic carbocycles. The summed E-state index contributed by atoms with van der Waals surface area (Å²) >= 11 is 0. The first kappa shape index (κ1) is 15.1. The zero-order chi connectivity index (χ0) is 16.1. The van der Waals surface area contributed by atoms with Gasteiger partial charge in [-0.2, -0.15) is 5.10 Å². The van der Waals surface area contributed by atoms with Crippen molar-refractivity contribution in [1.82, 2.24) is 29.7 Å². The average molecular weight is 309 g/mol. The minimum atomic E-state index is 0.611. The molecule has 0 aromatic carbocycles. The lowest BCUT2D eigenvalue weighted by Crippen LogP contribution is -2.10. The molecule has 0 saturated carbocycles. The molecule has 0 spiro atoms. The lowest BCUT2D eigenvalue weighted by Gasteiger charge is -2.07. The standard InChI is InChI=1S/C16H19N7/c1-12-20-13(2)23(22-12)11-5-9-18-16-19-10-7-15(21-16)14-6-3-4-8-17-14/h3-4,6-8,10H,5,9,11H2,1-2H3,(H,18,19,21). The summed E-state index contributed by atoms with van der Waals surface area (Å²) in [6.07, 6.45) is 4.41. The van der Waals surface area contributed by atoms with E-state index in [1.807, 2.05) is 42.8 Å². The van der Waals surface area contributed by atoms with E-state index in [0.717, 1.165) is 42.5 Å². The van der Waals surface area contributed by atoms with Crippen molar-refractivity contribution in [2.24, 2.45) is 0 Å². The third-order valence-electron chi connectivity index (χ3n) is 3.38. The summed E-state index contributed by atoms with van der Waals surface area (Å²) in [5.41, 5.74) is 1.65. The van der Waals surface area contributed by atoms with E-state index in [-0.39, 0.29) is 0 Å². The molecule has 23 heavy (non-hydrogen) atoms. The molecule has 0 radical (unpaired) electrons. The topological polar surface area (TPSA) is 81.4 Å². The lowest BCUT2D eigenvalue weighted by atomic mass is 10.2. The molecule has 0 atom stereocenters. The SMILES string of the molecule is Cc1nc(C)n(CCCNc2nccc(-c3ccccn3)n2)n1. The fraction of sp³-hybridized carbons (Fsp3) is 0.312. The van der Waals surface area contributed by atoms with Gasteiger partial charge in [0.2, 0.25) is 5.95 Å². The number of nitrogens with one attached hydrogen (secondary N) is 1. The second-order valence-electron chi connectivity index (χ2n) is 5.19. The molecule has 7 nitrogen and oxygen atoms in total. The monoisotopic (exact) mass is 309 g/mol. The van der Waals surface area contributed by atoms with Crippen LogP contribution in [0.4, 0.5) is 5.95 Å². The van der Waals surface area contributed by atoms with Crippen molar-refractivity contribution < 1.29 is 0 Å². The summed E-state index contributed by atoms with van der Waals surface area (Å²) < 4.78 is 1.92. The maximum atomic E-state index is 4.49. The van der Waals surface area contributed by atoms with E-state index in [1.165, 1.54) is 0 Å². The Morgan fingerprint density at radius 2 is 1.91 bits per heavy atom. The number of hydrogen-bond donors (Lipinski definition) is 1. The summed E-state index contributed by atoms with van der Waals surface area (Å²) in [5.74, 6) is 2.36. The van der Waals surface area contributed by atoms with Crippen LogP contribution in [-0.2, 0) is 6.54 Å². The van der Waals surface area contributed by atoms with E-state index >= 15 is 0 Å². The van der Waals surface area contributed by atoms with Crippen LogP contribution in [0.2, 0.25) is 0 Å². The second-order valence-corrected chi connectivity index (χ2v) is 5.19. The van der Waals surface area contributed by atoms with Crippen molar-refractivity contribution in [2.75, 3.05) is 11.9 Å². The van der Waals surface area contributed by atoms with Crippen LogP contribution in [0, 0.1) is 13.8 Å². The molecular weight excluding hydrogens is 290 g/mol. The van der Waals surface area contributed by atoms with E-state index in [1.54, 1.807) is 12.4 Å². The number of rotatable bonds is 6. The molecule has 7 heteroatoms. The normalized spacial score (nSPS) is 10.7. The van der Waals surface area contributed by atoms with Gasteiger partial charge in [0, 0.05) is 25.5 Å². The van der Waals surface area contributed by atoms with E-state index in [2.05, 4.69) is 30.4 Å². The van der Waals surface area contributed by atoms with Gasteiger partial charge in [-0.3, -0.25) is 9.67 Å². The number of nitrogens with zero attached hydrogens (tertiary/aromatic N) is 6.